The van der Waals surface area contributed by atoms with E-state index in [1.54, 1.807) is 18.2 Å². The zero-order chi connectivity index (χ0) is 13.1. The van der Waals surface area contributed by atoms with Gasteiger partial charge in [0.2, 0.25) is 0 Å². The second-order valence-corrected chi connectivity index (χ2v) is 4.03. The van der Waals surface area contributed by atoms with E-state index in [9.17, 15) is 4.79 Å². The summed E-state index contributed by atoms with van der Waals surface area (Å²) in [6.45, 7) is 1.43. The van der Waals surface area contributed by atoms with Crippen LogP contribution in [0.3, 0.4) is 0 Å². The number of Topliss-reactive ketones (excluding diaryl/α,β-unsaturated/α-hetero) is 1. The summed E-state index contributed by atoms with van der Waals surface area (Å²) >= 11 is 5.67. The second kappa shape index (κ2) is 5.01. The summed E-state index contributed by atoms with van der Waals surface area (Å²) in [6, 6.07) is 4.90. The number of carbonyl (C=O) groups is 1. The molecule has 2 aromatic rings. The highest BCUT2D eigenvalue weighted by Gasteiger charge is 2.11. The van der Waals surface area contributed by atoms with Crippen LogP contribution in [0.1, 0.15) is 17.3 Å². The lowest BCUT2D eigenvalue weighted by Gasteiger charge is -2.08. The normalized spacial score (nSPS) is 10.1. The molecular weight excluding hydrogens is 254 g/mol. The number of hydrogen-bond donors (Lipinski definition) is 1. The number of benzene rings is 1. The van der Waals surface area contributed by atoms with E-state index in [0.717, 1.165) is 0 Å². The molecule has 1 aromatic carbocycles. The summed E-state index contributed by atoms with van der Waals surface area (Å²) in [5.74, 6) is 0.213. The number of anilines is 1. The fraction of sp³-hybridized carbons (Fsp3) is 0.0833. The molecule has 0 aliphatic heterocycles. The Morgan fingerprint density at radius 2 is 2.00 bits per heavy atom. The van der Waals surface area contributed by atoms with Crippen LogP contribution in [-0.2, 0) is 0 Å². The van der Waals surface area contributed by atoms with Crippen LogP contribution in [0.5, 0.6) is 11.8 Å². The topological polar surface area (TPSA) is 78.1 Å². The summed E-state index contributed by atoms with van der Waals surface area (Å²) < 4.78 is 5.42. The molecule has 0 amide bonds. The molecule has 0 radical (unpaired) electrons. The van der Waals surface area contributed by atoms with Gasteiger partial charge in [-0.2, -0.15) is 0 Å². The van der Waals surface area contributed by atoms with Crippen molar-refractivity contribution < 1.29 is 9.53 Å². The minimum Gasteiger partial charge on any atom is -0.424 e. The molecule has 6 heteroatoms. The molecule has 1 heterocycles. The van der Waals surface area contributed by atoms with Gasteiger partial charge < -0.3 is 10.5 Å². The van der Waals surface area contributed by atoms with Crippen molar-refractivity contribution >= 4 is 23.1 Å². The molecule has 5 nitrogen and oxygen atoms in total. The van der Waals surface area contributed by atoms with E-state index >= 15 is 0 Å². The number of ketones is 1. The van der Waals surface area contributed by atoms with Crippen molar-refractivity contribution in [1.29, 1.82) is 0 Å². The van der Waals surface area contributed by atoms with Crippen molar-refractivity contribution in [2.45, 2.75) is 6.92 Å². The van der Waals surface area contributed by atoms with E-state index in [2.05, 4.69) is 9.97 Å². The lowest BCUT2D eigenvalue weighted by Crippen LogP contribution is -2.00. The summed E-state index contributed by atoms with van der Waals surface area (Å²) in [5, 5.41) is 0.409. The third-order valence-electron chi connectivity index (χ3n) is 2.18. The van der Waals surface area contributed by atoms with Crippen molar-refractivity contribution in [2.75, 3.05) is 5.73 Å². The highest BCUT2D eigenvalue weighted by atomic mass is 35.5. The lowest BCUT2D eigenvalue weighted by atomic mass is 10.1. The van der Waals surface area contributed by atoms with Crippen LogP contribution in [0.2, 0.25) is 5.02 Å². The number of aromatic nitrogens is 2. The van der Waals surface area contributed by atoms with E-state index in [1.165, 1.54) is 19.3 Å². The fourth-order valence-electron chi connectivity index (χ4n) is 1.36. The first-order valence-corrected chi connectivity index (χ1v) is 5.50. The molecule has 0 atom stereocenters. The van der Waals surface area contributed by atoms with Gasteiger partial charge >= 0.3 is 6.01 Å². The van der Waals surface area contributed by atoms with Gasteiger partial charge in [0, 0.05) is 5.69 Å². The first kappa shape index (κ1) is 12.3. The van der Waals surface area contributed by atoms with Gasteiger partial charge in [-0.25, -0.2) is 9.97 Å². The highest BCUT2D eigenvalue weighted by molar-refractivity contribution is 6.30. The number of nitrogens with two attached hydrogens (primary N) is 1. The Balaban J connectivity index is 2.34. The molecule has 18 heavy (non-hydrogen) atoms. The molecule has 2 rings (SSSR count). The number of rotatable bonds is 3. The van der Waals surface area contributed by atoms with E-state index in [0.29, 0.717) is 22.0 Å². The molecule has 0 aliphatic rings. The minimum atomic E-state index is -0.147. The Kier molecular flexibility index (Phi) is 3.43. The molecular formula is C12H10ClN3O2. The van der Waals surface area contributed by atoms with Gasteiger partial charge in [-0.3, -0.25) is 4.79 Å². The van der Waals surface area contributed by atoms with Crippen molar-refractivity contribution in [3.05, 3.63) is 41.2 Å². The second-order valence-electron chi connectivity index (χ2n) is 3.60. The predicted molar refractivity (Wildman–Crippen MR) is 68.0 cm³/mol. The Morgan fingerprint density at radius 3 is 2.61 bits per heavy atom. The number of hydrogen-bond acceptors (Lipinski definition) is 5. The van der Waals surface area contributed by atoms with Gasteiger partial charge in [0.1, 0.15) is 5.75 Å². The van der Waals surface area contributed by atoms with E-state index in [1.807, 2.05) is 0 Å². The number of halogens is 1. The lowest BCUT2D eigenvalue weighted by molar-refractivity contribution is 0.101. The van der Waals surface area contributed by atoms with Gasteiger partial charge in [0.05, 0.1) is 23.0 Å². The van der Waals surface area contributed by atoms with E-state index < -0.39 is 0 Å². The van der Waals surface area contributed by atoms with Gasteiger partial charge in [0.25, 0.3) is 0 Å². The molecule has 0 aliphatic carbocycles. The van der Waals surface area contributed by atoms with Crippen LogP contribution in [0.15, 0.2) is 30.6 Å². The van der Waals surface area contributed by atoms with Crippen LogP contribution in [0, 0.1) is 0 Å². The van der Waals surface area contributed by atoms with Crippen molar-refractivity contribution in [1.82, 2.24) is 9.97 Å². The van der Waals surface area contributed by atoms with Gasteiger partial charge in [0.15, 0.2) is 5.78 Å². The molecule has 1 aromatic heterocycles. The Hall–Kier alpha value is -2.14. The quantitative estimate of drug-likeness (QED) is 0.680. The molecule has 0 saturated carbocycles. The van der Waals surface area contributed by atoms with Crippen LogP contribution < -0.4 is 10.5 Å². The van der Waals surface area contributed by atoms with E-state index in [-0.39, 0.29) is 11.8 Å². The maximum atomic E-state index is 11.5. The average molecular weight is 264 g/mol. The molecule has 0 fully saturated rings. The summed E-state index contributed by atoms with van der Waals surface area (Å²) in [5.41, 5.74) is 6.50. The predicted octanol–water partition coefficient (Wildman–Crippen LogP) is 2.71. The van der Waals surface area contributed by atoms with Gasteiger partial charge in [-0.05, 0) is 25.1 Å². The van der Waals surface area contributed by atoms with Crippen molar-refractivity contribution in [3.8, 4) is 11.8 Å². The van der Waals surface area contributed by atoms with Crippen LogP contribution >= 0.6 is 11.6 Å². The summed E-state index contributed by atoms with van der Waals surface area (Å²) in [4.78, 5) is 19.2. The summed E-state index contributed by atoms with van der Waals surface area (Å²) in [7, 11) is 0. The number of nitrogens with zero attached hydrogens (tertiary/aromatic N) is 2. The Morgan fingerprint density at radius 1 is 1.33 bits per heavy atom. The van der Waals surface area contributed by atoms with Crippen LogP contribution in [-0.4, -0.2) is 15.8 Å². The summed E-state index contributed by atoms with van der Waals surface area (Å²) in [6.07, 6.45) is 2.82. The largest absolute Gasteiger partial charge is 0.424 e. The molecule has 0 bridgehead atoms. The number of ether oxygens (including phenoxy) is 1. The highest BCUT2D eigenvalue weighted by Crippen LogP contribution is 2.25. The Labute approximate surface area is 109 Å². The standard InChI is InChI=1S/C12H10ClN3O2/c1-7(17)10-4-9(14)2-3-11(10)18-12-15-5-8(13)6-16-12/h2-6H,14H2,1H3. The minimum absolute atomic E-state index is 0.117. The van der Waals surface area contributed by atoms with Gasteiger partial charge in [-0.15, -0.1) is 0 Å². The van der Waals surface area contributed by atoms with Crippen LogP contribution in [0.25, 0.3) is 0 Å². The van der Waals surface area contributed by atoms with Crippen molar-refractivity contribution in [2.24, 2.45) is 0 Å². The fourth-order valence-corrected chi connectivity index (χ4v) is 1.46. The molecule has 0 spiro atoms. The first-order valence-electron chi connectivity index (χ1n) is 5.12. The smallest absolute Gasteiger partial charge is 0.321 e. The third-order valence-corrected chi connectivity index (χ3v) is 2.38. The monoisotopic (exact) mass is 263 g/mol. The van der Waals surface area contributed by atoms with E-state index in [4.69, 9.17) is 22.1 Å². The van der Waals surface area contributed by atoms with Gasteiger partial charge in [-0.1, -0.05) is 11.6 Å². The third kappa shape index (κ3) is 2.75. The average Bonchev–Trinajstić information content (AvgIpc) is 2.34. The number of nitrogen functional groups attached to an aromatic ring is 1. The zero-order valence-electron chi connectivity index (χ0n) is 9.55. The number of carbonyl (C=O) groups excluding carboxylic acids is 1. The first-order chi connectivity index (χ1) is 8.56. The maximum absolute atomic E-state index is 11.5. The molecule has 92 valence electrons. The maximum Gasteiger partial charge on any atom is 0.321 e. The molecule has 0 saturated heterocycles. The SMILES string of the molecule is CC(=O)c1cc(N)ccc1Oc1ncc(Cl)cn1. The molecule has 0 unspecified atom stereocenters. The van der Waals surface area contributed by atoms with Crippen LogP contribution in [0.4, 0.5) is 5.69 Å². The molecule has 2 N–H and O–H groups in total. The zero-order valence-corrected chi connectivity index (χ0v) is 10.3. The van der Waals surface area contributed by atoms with Crippen molar-refractivity contribution in [3.63, 3.8) is 0 Å². The Bertz CT molecular complexity index is 584.